The van der Waals surface area contributed by atoms with Gasteiger partial charge < -0.3 is 9.47 Å². The first-order chi connectivity index (χ1) is 13.0. The third kappa shape index (κ3) is 2.72. The second-order valence-corrected chi connectivity index (χ2v) is 9.09. The molecular formula is C22H28ClN3O. The maximum atomic E-state index is 13.2. The second-order valence-electron chi connectivity index (χ2n) is 8.66. The molecule has 0 saturated carbocycles. The van der Waals surface area contributed by atoms with Crippen LogP contribution in [0, 0.1) is 0 Å². The monoisotopic (exact) mass is 385 g/mol. The number of piperidine rings is 1. The number of rotatable bonds is 2. The predicted molar refractivity (Wildman–Crippen MR) is 109 cm³/mol. The van der Waals surface area contributed by atoms with Crippen molar-refractivity contribution in [1.82, 2.24) is 14.4 Å². The summed E-state index contributed by atoms with van der Waals surface area (Å²) in [7, 11) is 2.25. The van der Waals surface area contributed by atoms with Gasteiger partial charge in [0.2, 0.25) is 5.91 Å². The lowest BCUT2D eigenvalue weighted by Crippen LogP contribution is -2.44. The quantitative estimate of drug-likeness (QED) is 0.767. The molecule has 0 radical (unpaired) electrons. The molecular weight excluding hydrogens is 358 g/mol. The van der Waals surface area contributed by atoms with E-state index in [1.54, 1.807) is 0 Å². The van der Waals surface area contributed by atoms with Crippen LogP contribution in [-0.4, -0.2) is 46.0 Å². The Labute approximate surface area is 166 Å². The highest BCUT2D eigenvalue weighted by Crippen LogP contribution is 2.47. The van der Waals surface area contributed by atoms with E-state index < -0.39 is 0 Å². The summed E-state index contributed by atoms with van der Waals surface area (Å²) in [6.45, 7) is 3.55. The summed E-state index contributed by atoms with van der Waals surface area (Å²) in [4.78, 5) is 17.8. The molecule has 27 heavy (non-hydrogen) atoms. The van der Waals surface area contributed by atoms with Crippen molar-refractivity contribution >= 4 is 28.4 Å². The average molecular weight is 386 g/mol. The number of hydrogen-bond donors (Lipinski definition) is 0. The molecule has 2 saturated heterocycles. The highest BCUT2D eigenvalue weighted by atomic mass is 35.5. The largest absolute Gasteiger partial charge is 0.338 e. The van der Waals surface area contributed by atoms with Crippen LogP contribution in [0.15, 0.2) is 18.2 Å². The minimum Gasteiger partial charge on any atom is -0.338 e. The lowest BCUT2D eigenvalue weighted by Gasteiger charge is -2.35. The zero-order chi connectivity index (χ0) is 18.7. The number of benzene rings is 1. The van der Waals surface area contributed by atoms with Crippen molar-refractivity contribution in [3.8, 4) is 0 Å². The Morgan fingerprint density at radius 2 is 2.07 bits per heavy atom. The summed E-state index contributed by atoms with van der Waals surface area (Å²) in [5.74, 6) is 0.267. The number of likely N-dealkylation sites (tertiary alicyclic amines) is 1. The van der Waals surface area contributed by atoms with E-state index >= 15 is 0 Å². The summed E-state index contributed by atoms with van der Waals surface area (Å²) in [6, 6.07) is 7.60. The molecule has 0 N–H and O–H groups in total. The predicted octanol–water partition coefficient (Wildman–Crippen LogP) is 4.39. The van der Waals surface area contributed by atoms with Crippen LogP contribution < -0.4 is 0 Å². The molecule has 2 unspecified atom stereocenters. The van der Waals surface area contributed by atoms with Crippen LogP contribution >= 0.6 is 11.6 Å². The molecule has 3 aliphatic heterocycles. The van der Waals surface area contributed by atoms with Crippen LogP contribution in [0.25, 0.3) is 10.9 Å². The highest BCUT2D eigenvalue weighted by molar-refractivity contribution is 6.31. The Morgan fingerprint density at radius 3 is 2.89 bits per heavy atom. The number of nitrogens with zero attached hydrogens (tertiary/aromatic N) is 3. The molecule has 1 amide bonds. The zero-order valence-corrected chi connectivity index (χ0v) is 17.0. The fraction of sp³-hybridized carbons (Fsp3) is 0.591. The van der Waals surface area contributed by atoms with Gasteiger partial charge in [0.25, 0.3) is 0 Å². The molecule has 4 heterocycles. The molecule has 5 rings (SSSR count). The summed E-state index contributed by atoms with van der Waals surface area (Å²) >= 11 is 6.36. The maximum absolute atomic E-state index is 13.2. The van der Waals surface area contributed by atoms with Gasteiger partial charge in [-0.3, -0.25) is 9.69 Å². The zero-order valence-electron chi connectivity index (χ0n) is 16.2. The Kier molecular flexibility index (Phi) is 4.25. The first kappa shape index (κ1) is 17.6. The van der Waals surface area contributed by atoms with Crippen molar-refractivity contribution in [2.45, 2.75) is 70.1 Å². The van der Waals surface area contributed by atoms with Crippen molar-refractivity contribution in [2.24, 2.45) is 0 Å². The number of amides is 1. The van der Waals surface area contributed by atoms with Gasteiger partial charge in [-0.25, -0.2) is 0 Å². The van der Waals surface area contributed by atoms with Gasteiger partial charge in [0.15, 0.2) is 0 Å². The minimum absolute atomic E-state index is 0.267. The average Bonchev–Trinajstić information content (AvgIpc) is 3.06. The normalized spacial score (nSPS) is 28.0. The Morgan fingerprint density at radius 1 is 1.22 bits per heavy atom. The van der Waals surface area contributed by atoms with Crippen molar-refractivity contribution in [1.29, 1.82) is 0 Å². The highest BCUT2D eigenvalue weighted by Gasteiger charge is 2.41. The lowest BCUT2D eigenvalue weighted by atomic mass is 9.97. The van der Waals surface area contributed by atoms with Gasteiger partial charge in [-0.1, -0.05) is 11.6 Å². The molecule has 3 aliphatic rings. The summed E-state index contributed by atoms with van der Waals surface area (Å²) in [5.41, 5.74) is 3.96. The molecule has 5 heteroatoms. The van der Waals surface area contributed by atoms with Gasteiger partial charge in [-0.2, -0.15) is 0 Å². The van der Waals surface area contributed by atoms with Crippen molar-refractivity contribution < 1.29 is 4.79 Å². The van der Waals surface area contributed by atoms with E-state index in [9.17, 15) is 4.79 Å². The van der Waals surface area contributed by atoms with Crippen LogP contribution in [0.5, 0.6) is 0 Å². The van der Waals surface area contributed by atoms with Gasteiger partial charge in [0, 0.05) is 52.7 Å². The molecule has 2 bridgehead atoms. The molecule has 3 atom stereocenters. The standard InChI is InChI=1S/C22H28ClN3O/c1-14-5-3-4-10-25(14)21(27)13-26-18-8-6-15(23)11-17(18)22-19-9-7-16(24(19)2)12-20(22)26/h6,8,11,14,16,19H,3-5,7,9-10,12-13H2,1-2H3/t14-,16?,19?/m0/s1. The van der Waals surface area contributed by atoms with E-state index in [1.807, 2.05) is 6.07 Å². The van der Waals surface area contributed by atoms with Crippen LogP contribution in [0.1, 0.15) is 56.3 Å². The third-order valence-corrected chi connectivity index (χ3v) is 7.43. The van der Waals surface area contributed by atoms with Crippen molar-refractivity contribution in [3.05, 3.63) is 34.5 Å². The Hall–Kier alpha value is -1.52. The van der Waals surface area contributed by atoms with E-state index in [-0.39, 0.29) is 5.91 Å². The molecule has 2 aromatic rings. The van der Waals surface area contributed by atoms with Crippen LogP contribution in [0.3, 0.4) is 0 Å². The molecule has 1 aromatic carbocycles. The smallest absolute Gasteiger partial charge is 0.242 e. The van der Waals surface area contributed by atoms with Gasteiger partial charge in [-0.15, -0.1) is 0 Å². The molecule has 0 aliphatic carbocycles. The number of fused-ring (bicyclic) bond motifs is 6. The first-order valence-corrected chi connectivity index (χ1v) is 10.7. The summed E-state index contributed by atoms with van der Waals surface area (Å²) in [5, 5.41) is 2.02. The van der Waals surface area contributed by atoms with Crippen molar-refractivity contribution in [2.75, 3.05) is 13.6 Å². The number of carbonyl (C=O) groups is 1. The van der Waals surface area contributed by atoms with E-state index in [2.05, 4.69) is 40.5 Å². The molecule has 4 nitrogen and oxygen atoms in total. The van der Waals surface area contributed by atoms with Gasteiger partial charge in [-0.05, 0) is 69.8 Å². The topological polar surface area (TPSA) is 28.5 Å². The minimum atomic E-state index is 0.267. The number of likely N-dealkylation sites (N-methyl/N-ethyl adjacent to an activating group) is 1. The Bertz CT molecular complexity index is 905. The fourth-order valence-corrected chi connectivity index (χ4v) is 5.87. The lowest BCUT2D eigenvalue weighted by molar-refractivity contribution is -0.135. The third-order valence-electron chi connectivity index (χ3n) is 7.20. The number of hydrogen-bond acceptors (Lipinski definition) is 2. The van der Waals surface area contributed by atoms with Crippen molar-refractivity contribution in [3.63, 3.8) is 0 Å². The number of aromatic nitrogens is 1. The number of halogens is 1. The van der Waals surface area contributed by atoms with E-state index in [1.165, 1.54) is 41.4 Å². The van der Waals surface area contributed by atoms with Gasteiger partial charge in [0.1, 0.15) is 6.54 Å². The van der Waals surface area contributed by atoms with E-state index in [0.29, 0.717) is 24.7 Å². The van der Waals surface area contributed by atoms with E-state index in [0.717, 1.165) is 30.8 Å². The summed E-state index contributed by atoms with van der Waals surface area (Å²) < 4.78 is 2.31. The van der Waals surface area contributed by atoms with E-state index in [4.69, 9.17) is 11.6 Å². The van der Waals surface area contributed by atoms with Gasteiger partial charge in [0.05, 0.1) is 0 Å². The summed E-state index contributed by atoms with van der Waals surface area (Å²) in [6.07, 6.45) is 6.98. The SMILES string of the molecule is C[C@H]1CCCCN1C(=O)Cn1c2c(c3cc(Cl)ccc31)C1CCC(C2)N1C. The van der Waals surface area contributed by atoms with Crippen LogP contribution in [-0.2, 0) is 17.8 Å². The Balaban J connectivity index is 1.59. The van der Waals surface area contributed by atoms with Crippen LogP contribution in [0.4, 0.5) is 0 Å². The molecule has 2 fully saturated rings. The number of carbonyl (C=O) groups excluding carboxylic acids is 1. The molecule has 1 aromatic heterocycles. The first-order valence-electron chi connectivity index (χ1n) is 10.4. The van der Waals surface area contributed by atoms with Gasteiger partial charge >= 0.3 is 0 Å². The van der Waals surface area contributed by atoms with Crippen LogP contribution in [0.2, 0.25) is 5.02 Å². The second kappa shape index (κ2) is 6.52. The molecule has 0 spiro atoms. The maximum Gasteiger partial charge on any atom is 0.242 e. The molecule has 144 valence electrons. The fourth-order valence-electron chi connectivity index (χ4n) is 5.70.